The van der Waals surface area contributed by atoms with E-state index in [2.05, 4.69) is 80.4 Å². The molecule has 2 aromatic rings. The number of hydrogen-bond acceptors (Lipinski definition) is 2. The van der Waals surface area contributed by atoms with E-state index in [1.54, 1.807) is 0 Å². The van der Waals surface area contributed by atoms with Crippen LogP contribution in [0.15, 0.2) is 54.6 Å². The van der Waals surface area contributed by atoms with Crippen LogP contribution in [0.4, 0.5) is 0 Å². The van der Waals surface area contributed by atoms with Gasteiger partial charge in [-0.2, -0.15) is 0 Å². The van der Waals surface area contributed by atoms with Gasteiger partial charge in [0.15, 0.2) is 0 Å². The van der Waals surface area contributed by atoms with Gasteiger partial charge < -0.3 is 9.64 Å². The molecule has 0 aromatic heterocycles. The molecule has 3 heteroatoms. The molecule has 3 nitrogen and oxygen atoms in total. The van der Waals surface area contributed by atoms with Gasteiger partial charge in [-0.05, 0) is 91.4 Å². The molecule has 4 aliphatic rings. The van der Waals surface area contributed by atoms with Crippen molar-refractivity contribution in [3.8, 4) is 16.9 Å². The highest BCUT2D eigenvalue weighted by Gasteiger charge is 2.61. The molecule has 2 aromatic carbocycles. The summed E-state index contributed by atoms with van der Waals surface area (Å²) in [5.74, 6) is 3.66. The fourth-order valence-electron chi connectivity index (χ4n) is 8.82. The Morgan fingerprint density at radius 3 is 2.26 bits per heavy atom. The lowest BCUT2D eigenvalue weighted by atomic mass is 9.47. The molecule has 1 saturated heterocycles. The second kappa shape index (κ2) is 8.14. The lowest BCUT2D eigenvalue weighted by molar-refractivity contribution is -0.159. The third-order valence-corrected chi connectivity index (χ3v) is 10.7. The zero-order chi connectivity index (χ0) is 23.5. The van der Waals surface area contributed by atoms with Crippen LogP contribution in [-0.4, -0.2) is 30.0 Å². The lowest BCUT2D eigenvalue weighted by Crippen LogP contribution is -2.61. The second-order valence-corrected chi connectivity index (χ2v) is 12.1. The summed E-state index contributed by atoms with van der Waals surface area (Å²) < 4.78 is 6.73. The van der Waals surface area contributed by atoms with Crippen molar-refractivity contribution in [1.29, 1.82) is 0 Å². The molecule has 1 amide bonds. The molecule has 0 bridgehead atoms. The number of piperidine rings is 1. The van der Waals surface area contributed by atoms with Gasteiger partial charge in [-0.3, -0.25) is 4.79 Å². The number of ether oxygens (including phenoxy) is 1. The molecule has 0 N–H and O–H groups in total. The van der Waals surface area contributed by atoms with E-state index < -0.39 is 0 Å². The lowest BCUT2D eigenvalue weighted by Gasteiger charge is -2.61. The van der Waals surface area contributed by atoms with Gasteiger partial charge in [0.25, 0.3) is 0 Å². The first kappa shape index (κ1) is 22.2. The van der Waals surface area contributed by atoms with Crippen molar-refractivity contribution < 1.29 is 9.53 Å². The summed E-state index contributed by atoms with van der Waals surface area (Å²) in [4.78, 5) is 14.5. The number of fused-ring (bicyclic) bond motifs is 5. The Bertz CT molecular complexity index is 1050. The van der Waals surface area contributed by atoms with Crippen LogP contribution < -0.4 is 4.74 Å². The van der Waals surface area contributed by atoms with Crippen LogP contribution in [0.3, 0.4) is 0 Å². The van der Waals surface area contributed by atoms with Crippen molar-refractivity contribution >= 4 is 5.91 Å². The maximum Gasteiger partial charge on any atom is 0.222 e. The number of hydrogen-bond donors (Lipinski definition) is 0. The van der Waals surface area contributed by atoms with Crippen LogP contribution in [0.1, 0.15) is 65.2 Å². The van der Waals surface area contributed by atoms with Crippen LogP contribution in [0.5, 0.6) is 5.75 Å². The maximum atomic E-state index is 12.4. The monoisotopic (exact) mass is 457 g/mol. The van der Waals surface area contributed by atoms with Crippen LogP contribution in [-0.2, 0) is 4.79 Å². The fraction of sp³-hybridized carbons (Fsp3) is 0.581. The number of carbonyl (C=O) groups excluding carboxylic acids is 1. The third-order valence-electron chi connectivity index (χ3n) is 10.7. The summed E-state index contributed by atoms with van der Waals surface area (Å²) in [5.41, 5.74) is 3.04. The van der Waals surface area contributed by atoms with Gasteiger partial charge in [0.05, 0.1) is 0 Å². The summed E-state index contributed by atoms with van der Waals surface area (Å²) in [6, 6.07) is 19.7. The molecular formula is C31H39NO2. The number of nitrogens with zero attached hydrogens (tertiary/aromatic N) is 1. The summed E-state index contributed by atoms with van der Waals surface area (Å²) in [5, 5.41) is 0. The Kier molecular flexibility index (Phi) is 5.31. The minimum absolute atomic E-state index is 0.263. The minimum atomic E-state index is 0.263. The predicted molar refractivity (Wildman–Crippen MR) is 136 cm³/mol. The van der Waals surface area contributed by atoms with E-state index in [4.69, 9.17) is 4.74 Å². The molecule has 3 aliphatic carbocycles. The molecule has 4 fully saturated rings. The highest BCUT2D eigenvalue weighted by Crippen LogP contribution is 2.65. The van der Waals surface area contributed by atoms with Crippen molar-refractivity contribution in [3.05, 3.63) is 54.6 Å². The SMILES string of the molecule is CN1C(=O)CC[C@]2(C)[C@H]3CC[C@]4(C)[C@H](Oc5ccc(-c6ccccc6)cc5)CC[C@H]4[C@@H]3CC[C@@H]12. The fourth-order valence-corrected chi connectivity index (χ4v) is 8.82. The normalized spacial score (nSPS) is 39.2. The Balaban J connectivity index is 1.19. The van der Waals surface area contributed by atoms with E-state index in [1.807, 2.05) is 0 Å². The quantitative estimate of drug-likeness (QED) is 0.498. The molecule has 1 heterocycles. The number of rotatable bonds is 3. The highest BCUT2D eigenvalue weighted by atomic mass is 16.5. The number of likely N-dealkylation sites (tertiary alicyclic amines) is 1. The average Bonchev–Trinajstić information content (AvgIpc) is 3.19. The molecular weight excluding hydrogens is 418 g/mol. The van der Waals surface area contributed by atoms with Crippen LogP contribution in [0, 0.1) is 28.6 Å². The summed E-state index contributed by atoms with van der Waals surface area (Å²) in [7, 11) is 2.06. The van der Waals surface area contributed by atoms with Crippen molar-refractivity contribution in [3.63, 3.8) is 0 Å². The molecule has 3 saturated carbocycles. The van der Waals surface area contributed by atoms with Crippen molar-refractivity contribution in [2.45, 2.75) is 77.4 Å². The van der Waals surface area contributed by atoms with E-state index in [9.17, 15) is 4.79 Å². The largest absolute Gasteiger partial charge is 0.490 e. The third kappa shape index (κ3) is 3.33. The summed E-state index contributed by atoms with van der Waals surface area (Å²) >= 11 is 0. The van der Waals surface area contributed by atoms with Gasteiger partial charge >= 0.3 is 0 Å². The number of amides is 1. The maximum absolute atomic E-state index is 12.4. The Labute approximate surface area is 204 Å². The van der Waals surface area contributed by atoms with Gasteiger partial charge in [-0.25, -0.2) is 0 Å². The van der Waals surface area contributed by atoms with Crippen LogP contribution in [0.25, 0.3) is 11.1 Å². The van der Waals surface area contributed by atoms with Gasteiger partial charge in [0.1, 0.15) is 11.9 Å². The Morgan fingerprint density at radius 1 is 0.794 bits per heavy atom. The first-order chi connectivity index (χ1) is 16.4. The molecule has 6 rings (SSSR count). The molecule has 0 radical (unpaired) electrons. The topological polar surface area (TPSA) is 29.5 Å². The zero-order valence-electron chi connectivity index (χ0n) is 21.0. The number of carbonyl (C=O) groups is 1. The molecule has 1 aliphatic heterocycles. The molecule has 34 heavy (non-hydrogen) atoms. The van der Waals surface area contributed by atoms with Gasteiger partial charge in [-0.15, -0.1) is 0 Å². The van der Waals surface area contributed by atoms with Crippen molar-refractivity contribution in [1.82, 2.24) is 4.90 Å². The average molecular weight is 458 g/mol. The van der Waals surface area contributed by atoms with Crippen molar-refractivity contribution in [2.24, 2.45) is 28.6 Å². The summed E-state index contributed by atoms with van der Waals surface area (Å²) in [6.07, 6.45) is 9.59. The number of benzene rings is 2. The second-order valence-electron chi connectivity index (χ2n) is 12.1. The van der Waals surface area contributed by atoms with E-state index in [0.29, 0.717) is 23.5 Å². The van der Waals surface area contributed by atoms with Crippen LogP contribution in [0.2, 0.25) is 0 Å². The predicted octanol–water partition coefficient (Wildman–Crippen LogP) is 6.96. The standard InChI is InChI=1S/C31H39NO2/c1-30-20-18-29(33)32(3)27(30)15-13-24-25-14-16-28(31(25,2)19-17-26(24)30)34-23-11-9-22(10-12-23)21-7-5-4-6-8-21/h4-12,24-28H,13-20H2,1-3H3/t24-,25-,26-,27+,28+,30+,31-/m0/s1. The molecule has 180 valence electrons. The van der Waals surface area contributed by atoms with Gasteiger partial charge in [-0.1, -0.05) is 56.3 Å². The summed E-state index contributed by atoms with van der Waals surface area (Å²) in [6.45, 7) is 5.03. The molecule has 0 unspecified atom stereocenters. The molecule has 7 atom stereocenters. The van der Waals surface area contributed by atoms with Crippen LogP contribution >= 0.6 is 0 Å². The van der Waals surface area contributed by atoms with E-state index in [0.717, 1.165) is 36.3 Å². The molecule has 0 spiro atoms. The van der Waals surface area contributed by atoms with Crippen molar-refractivity contribution in [2.75, 3.05) is 7.05 Å². The van der Waals surface area contributed by atoms with E-state index >= 15 is 0 Å². The highest BCUT2D eigenvalue weighted by molar-refractivity contribution is 5.77. The van der Waals surface area contributed by atoms with E-state index in [-0.39, 0.29) is 5.41 Å². The first-order valence-electron chi connectivity index (χ1n) is 13.5. The Hall–Kier alpha value is -2.29. The first-order valence-corrected chi connectivity index (χ1v) is 13.5. The zero-order valence-corrected chi connectivity index (χ0v) is 21.0. The van der Waals surface area contributed by atoms with E-state index in [1.165, 1.54) is 49.7 Å². The van der Waals surface area contributed by atoms with Gasteiger partial charge in [0.2, 0.25) is 5.91 Å². The smallest absolute Gasteiger partial charge is 0.222 e. The minimum Gasteiger partial charge on any atom is -0.490 e. The van der Waals surface area contributed by atoms with Gasteiger partial charge in [0, 0.05) is 24.9 Å². The Morgan fingerprint density at radius 2 is 1.50 bits per heavy atom.